The van der Waals surface area contributed by atoms with Crippen molar-refractivity contribution in [2.24, 2.45) is 5.92 Å². The van der Waals surface area contributed by atoms with E-state index in [2.05, 4.69) is 12.2 Å². The maximum Gasteiger partial charge on any atom is 0.245 e. The van der Waals surface area contributed by atoms with Gasteiger partial charge >= 0.3 is 0 Å². The van der Waals surface area contributed by atoms with Crippen molar-refractivity contribution in [1.82, 2.24) is 10.2 Å². The number of carbonyl (C=O) groups excluding carboxylic acids is 2. The molecule has 1 heterocycles. The van der Waals surface area contributed by atoms with Crippen LogP contribution in [-0.2, 0) is 9.59 Å². The topological polar surface area (TPSA) is 49.4 Å². The molecule has 16 heavy (non-hydrogen) atoms. The third-order valence-corrected chi connectivity index (χ3v) is 3.93. The van der Waals surface area contributed by atoms with Crippen LogP contribution in [0, 0.1) is 5.92 Å². The van der Waals surface area contributed by atoms with E-state index in [9.17, 15) is 9.59 Å². The van der Waals surface area contributed by atoms with Gasteiger partial charge in [-0.05, 0) is 32.6 Å². The highest BCUT2D eigenvalue weighted by atomic mass is 16.2. The fourth-order valence-corrected chi connectivity index (χ4v) is 2.54. The van der Waals surface area contributed by atoms with Gasteiger partial charge in [0.15, 0.2) is 0 Å². The molecule has 90 valence electrons. The van der Waals surface area contributed by atoms with E-state index < -0.39 is 0 Å². The molecule has 0 aromatic rings. The Balaban J connectivity index is 2.06. The number of carbonyl (C=O) groups is 2. The summed E-state index contributed by atoms with van der Waals surface area (Å²) >= 11 is 0. The van der Waals surface area contributed by atoms with Crippen molar-refractivity contribution in [3.63, 3.8) is 0 Å². The standard InChI is InChI=1S/C12H20N2O2/c1-8-12(16)14(7-6-11(15)13-8)9(2)10-4-3-5-10/h8-10H,3-7H2,1-2H3,(H,13,15). The lowest BCUT2D eigenvalue weighted by Gasteiger charge is -2.39. The third-order valence-electron chi connectivity index (χ3n) is 3.93. The molecule has 1 saturated carbocycles. The first-order chi connectivity index (χ1) is 7.59. The minimum Gasteiger partial charge on any atom is -0.345 e. The predicted octanol–water partition coefficient (Wildman–Crippen LogP) is 0.912. The van der Waals surface area contributed by atoms with E-state index in [0.717, 1.165) is 0 Å². The fraction of sp³-hybridized carbons (Fsp3) is 0.833. The van der Waals surface area contributed by atoms with Gasteiger partial charge in [0, 0.05) is 19.0 Å². The summed E-state index contributed by atoms with van der Waals surface area (Å²) in [6.07, 6.45) is 4.16. The van der Waals surface area contributed by atoms with Gasteiger partial charge in [-0.2, -0.15) is 0 Å². The van der Waals surface area contributed by atoms with Crippen LogP contribution < -0.4 is 5.32 Å². The van der Waals surface area contributed by atoms with Crippen LogP contribution in [-0.4, -0.2) is 35.3 Å². The molecule has 2 atom stereocenters. The van der Waals surface area contributed by atoms with Crippen molar-refractivity contribution in [2.45, 2.75) is 51.6 Å². The van der Waals surface area contributed by atoms with Crippen molar-refractivity contribution >= 4 is 11.8 Å². The van der Waals surface area contributed by atoms with Crippen molar-refractivity contribution in [3.8, 4) is 0 Å². The first kappa shape index (κ1) is 11.4. The van der Waals surface area contributed by atoms with Crippen LogP contribution in [0.3, 0.4) is 0 Å². The second-order valence-corrected chi connectivity index (χ2v) is 5.00. The van der Waals surface area contributed by atoms with Gasteiger partial charge < -0.3 is 10.2 Å². The van der Waals surface area contributed by atoms with E-state index in [1.807, 2.05) is 4.90 Å². The van der Waals surface area contributed by atoms with Crippen molar-refractivity contribution in [2.75, 3.05) is 6.54 Å². The molecule has 0 radical (unpaired) electrons. The van der Waals surface area contributed by atoms with Gasteiger partial charge in [0.25, 0.3) is 0 Å². The zero-order valence-electron chi connectivity index (χ0n) is 10.0. The Hall–Kier alpha value is -1.06. The molecule has 1 aliphatic heterocycles. The van der Waals surface area contributed by atoms with Gasteiger partial charge in [0.2, 0.25) is 11.8 Å². The fourth-order valence-electron chi connectivity index (χ4n) is 2.54. The van der Waals surface area contributed by atoms with E-state index >= 15 is 0 Å². The first-order valence-corrected chi connectivity index (χ1v) is 6.19. The smallest absolute Gasteiger partial charge is 0.245 e. The average molecular weight is 224 g/mol. The highest BCUT2D eigenvalue weighted by molar-refractivity contribution is 5.89. The molecule has 4 nitrogen and oxygen atoms in total. The number of hydrogen-bond donors (Lipinski definition) is 1. The number of hydrogen-bond acceptors (Lipinski definition) is 2. The molecule has 0 spiro atoms. The summed E-state index contributed by atoms with van der Waals surface area (Å²) in [7, 11) is 0. The highest BCUT2D eigenvalue weighted by Crippen LogP contribution is 2.32. The summed E-state index contributed by atoms with van der Waals surface area (Å²) in [6, 6.07) is -0.0751. The van der Waals surface area contributed by atoms with Crippen LogP contribution in [0.2, 0.25) is 0 Å². The lowest BCUT2D eigenvalue weighted by atomic mass is 9.79. The molecule has 1 saturated heterocycles. The van der Waals surface area contributed by atoms with Crippen molar-refractivity contribution < 1.29 is 9.59 Å². The van der Waals surface area contributed by atoms with E-state index in [0.29, 0.717) is 18.9 Å². The molecule has 2 amide bonds. The SMILES string of the molecule is CC1NC(=O)CCN(C(C)C2CCC2)C1=O. The number of rotatable bonds is 2. The summed E-state index contributed by atoms with van der Waals surface area (Å²) < 4.78 is 0. The summed E-state index contributed by atoms with van der Waals surface area (Å²) in [5.41, 5.74) is 0. The van der Waals surface area contributed by atoms with E-state index in [-0.39, 0.29) is 23.9 Å². The Kier molecular flexibility index (Phi) is 3.17. The number of nitrogens with one attached hydrogen (secondary N) is 1. The third kappa shape index (κ3) is 2.06. The van der Waals surface area contributed by atoms with Crippen LogP contribution in [0.25, 0.3) is 0 Å². The van der Waals surface area contributed by atoms with Crippen LogP contribution >= 0.6 is 0 Å². The molecule has 0 aromatic carbocycles. The molecule has 2 rings (SSSR count). The van der Waals surface area contributed by atoms with Crippen LogP contribution in [0.5, 0.6) is 0 Å². The summed E-state index contributed by atoms with van der Waals surface area (Å²) in [4.78, 5) is 25.4. The molecular weight excluding hydrogens is 204 g/mol. The molecule has 0 bridgehead atoms. The van der Waals surface area contributed by atoms with Crippen LogP contribution in [0.1, 0.15) is 39.5 Å². The van der Waals surface area contributed by atoms with Crippen LogP contribution in [0.15, 0.2) is 0 Å². The maximum atomic E-state index is 12.1. The normalized spacial score (nSPS) is 29.4. The molecule has 1 N–H and O–H groups in total. The number of nitrogens with zero attached hydrogens (tertiary/aromatic N) is 1. The Labute approximate surface area is 96.4 Å². The van der Waals surface area contributed by atoms with E-state index in [4.69, 9.17) is 0 Å². The second kappa shape index (κ2) is 4.44. The maximum absolute atomic E-state index is 12.1. The Morgan fingerprint density at radius 3 is 2.62 bits per heavy atom. The Morgan fingerprint density at radius 2 is 2.06 bits per heavy atom. The zero-order chi connectivity index (χ0) is 11.7. The van der Waals surface area contributed by atoms with Gasteiger partial charge in [-0.25, -0.2) is 0 Å². The number of amides is 2. The van der Waals surface area contributed by atoms with Crippen LogP contribution in [0.4, 0.5) is 0 Å². The molecular formula is C12H20N2O2. The van der Waals surface area contributed by atoms with Crippen molar-refractivity contribution in [1.29, 1.82) is 0 Å². The summed E-state index contributed by atoms with van der Waals surface area (Å²) in [6.45, 7) is 4.46. The zero-order valence-corrected chi connectivity index (χ0v) is 10.0. The lowest BCUT2D eigenvalue weighted by Crippen LogP contribution is -2.49. The molecule has 1 aliphatic carbocycles. The van der Waals surface area contributed by atoms with E-state index in [1.165, 1.54) is 19.3 Å². The molecule has 2 fully saturated rings. The monoisotopic (exact) mass is 224 g/mol. The molecule has 2 unspecified atom stereocenters. The van der Waals surface area contributed by atoms with Gasteiger partial charge in [-0.3, -0.25) is 9.59 Å². The van der Waals surface area contributed by atoms with Gasteiger partial charge in [0.05, 0.1) is 0 Å². The van der Waals surface area contributed by atoms with Gasteiger partial charge in [0.1, 0.15) is 6.04 Å². The quantitative estimate of drug-likeness (QED) is 0.758. The predicted molar refractivity (Wildman–Crippen MR) is 60.7 cm³/mol. The average Bonchev–Trinajstić information content (AvgIpc) is 2.25. The largest absolute Gasteiger partial charge is 0.345 e. The lowest BCUT2D eigenvalue weighted by molar-refractivity contribution is -0.136. The van der Waals surface area contributed by atoms with Gasteiger partial charge in [-0.1, -0.05) is 6.42 Å². The Bertz CT molecular complexity index is 299. The van der Waals surface area contributed by atoms with E-state index in [1.54, 1.807) is 6.92 Å². The molecule has 0 aromatic heterocycles. The molecule has 2 aliphatic rings. The minimum absolute atomic E-state index is 0.0100. The second-order valence-electron chi connectivity index (χ2n) is 5.00. The minimum atomic E-state index is -0.363. The molecule has 4 heteroatoms. The first-order valence-electron chi connectivity index (χ1n) is 6.19. The highest BCUT2D eigenvalue weighted by Gasteiger charge is 2.34. The summed E-state index contributed by atoms with van der Waals surface area (Å²) in [5.74, 6) is 0.707. The Morgan fingerprint density at radius 1 is 1.38 bits per heavy atom. The van der Waals surface area contributed by atoms with Gasteiger partial charge in [-0.15, -0.1) is 0 Å². The van der Waals surface area contributed by atoms with Crippen molar-refractivity contribution in [3.05, 3.63) is 0 Å². The summed E-state index contributed by atoms with van der Waals surface area (Å²) in [5, 5.41) is 2.72.